The lowest BCUT2D eigenvalue weighted by Crippen LogP contribution is -2.24. The molecule has 0 fully saturated rings. The van der Waals surface area contributed by atoms with Crippen LogP contribution in [0.5, 0.6) is 0 Å². The summed E-state index contributed by atoms with van der Waals surface area (Å²) < 4.78 is 7.67. The predicted molar refractivity (Wildman–Crippen MR) is 90.6 cm³/mol. The maximum absolute atomic E-state index is 6.19. The molecule has 0 radical (unpaired) electrons. The lowest BCUT2D eigenvalue weighted by atomic mass is 10.2. The van der Waals surface area contributed by atoms with Crippen molar-refractivity contribution < 1.29 is 4.74 Å². The van der Waals surface area contributed by atoms with Gasteiger partial charge in [0.05, 0.1) is 17.1 Å². The number of hydrogen-bond acceptors (Lipinski definition) is 2. The van der Waals surface area contributed by atoms with Crippen LogP contribution in [-0.2, 0) is 11.3 Å². The van der Waals surface area contributed by atoms with Crippen LogP contribution in [0.15, 0.2) is 24.4 Å². The highest BCUT2D eigenvalue weighted by molar-refractivity contribution is 6.38. The molecular formula is C16H22Cl2N2O. The van der Waals surface area contributed by atoms with Crippen molar-refractivity contribution in [3.63, 3.8) is 0 Å². The third-order valence-corrected chi connectivity index (χ3v) is 3.93. The zero-order valence-electron chi connectivity index (χ0n) is 12.4. The molecule has 0 aliphatic heterocycles. The molecule has 1 aromatic heterocycles. The van der Waals surface area contributed by atoms with E-state index in [2.05, 4.69) is 16.8 Å². The lowest BCUT2D eigenvalue weighted by Gasteiger charge is -2.08. The smallest absolute Gasteiger partial charge is 0.0590 e. The Hall–Kier alpha value is -0.740. The number of nitrogens with zero attached hydrogens (tertiary/aromatic N) is 1. The molecule has 2 rings (SSSR count). The van der Waals surface area contributed by atoms with E-state index in [1.165, 1.54) is 6.42 Å². The Labute approximate surface area is 136 Å². The molecular weight excluding hydrogens is 307 g/mol. The van der Waals surface area contributed by atoms with Crippen molar-refractivity contribution in [2.24, 2.45) is 0 Å². The largest absolute Gasteiger partial charge is 0.380 e. The first-order chi connectivity index (χ1) is 10.2. The molecule has 3 nitrogen and oxygen atoms in total. The Balaban J connectivity index is 1.76. The Morgan fingerprint density at radius 3 is 2.86 bits per heavy atom. The average Bonchev–Trinajstić information content (AvgIpc) is 2.85. The van der Waals surface area contributed by atoms with E-state index in [1.54, 1.807) is 6.07 Å². The number of fused-ring (bicyclic) bond motifs is 1. The molecule has 0 unspecified atom stereocenters. The van der Waals surface area contributed by atoms with Crippen molar-refractivity contribution in [2.45, 2.75) is 26.3 Å². The number of benzene rings is 1. The van der Waals surface area contributed by atoms with Crippen LogP contribution in [0.25, 0.3) is 10.9 Å². The topological polar surface area (TPSA) is 26.2 Å². The Morgan fingerprint density at radius 2 is 2.05 bits per heavy atom. The van der Waals surface area contributed by atoms with E-state index in [0.29, 0.717) is 10.0 Å². The van der Waals surface area contributed by atoms with E-state index < -0.39 is 0 Å². The summed E-state index contributed by atoms with van der Waals surface area (Å²) in [6.07, 6.45) is 4.36. The fourth-order valence-electron chi connectivity index (χ4n) is 2.23. The van der Waals surface area contributed by atoms with Gasteiger partial charge in [-0.15, -0.1) is 0 Å². The predicted octanol–water partition coefficient (Wildman–Crippen LogP) is 4.35. The molecule has 0 spiro atoms. The second-order valence-electron chi connectivity index (χ2n) is 5.05. The fourth-order valence-corrected chi connectivity index (χ4v) is 2.78. The summed E-state index contributed by atoms with van der Waals surface area (Å²) in [7, 11) is 0. The number of hydrogen-bond donors (Lipinski definition) is 1. The highest BCUT2D eigenvalue weighted by Gasteiger charge is 2.06. The van der Waals surface area contributed by atoms with Crippen molar-refractivity contribution in [1.29, 1.82) is 0 Å². The summed E-state index contributed by atoms with van der Waals surface area (Å²) >= 11 is 12.3. The quantitative estimate of drug-likeness (QED) is 0.692. The van der Waals surface area contributed by atoms with Crippen molar-refractivity contribution in [3.05, 3.63) is 34.4 Å². The number of rotatable bonds is 9. The van der Waals surface area contributed by atoms with Gasteiger partial charge in [-0.3, -0.25) is 0 Å². The summed E-state index contributed by atoms with van der Waals surface area (Å²) in [5.41, 5.74) is 1.08. The zero-order valence-corrected chi connectivity index (χ0v) is 13.9. The van der Waals surface area contributed by atoms with Crippen LogP contribution in [0.2, 0.25) is 10.0 Å². The third kappa shape index (κ3) is 4.89. The minimum atomic E-state index is 0.671. The summed E-state index contributed by atoms with van der Waals surface area (Å²) in [6, 6.07) is 5.76. The van der Waals surface area contributed by atoms with E-state index >= 15 is 0 Å². The average molecular weight is 329 g/mol. The van der Waals surface area contributed by atoms with Crippen molar-refractivity contribution in [1.82, 2.24) is 9.88 Å². The zero-order chi connectivity index (χ0) is 15.1. The maximum Gasteiger partial charge on any atom is 0.0590 e. The standard InChI is InChI=1S/C16H22Cl2N2O/c1-2-3-9-21-10-6-19-5-8-20-7-4-14-15(18)11-13(17)12-16(14)20/h4,7,11-12,19H,2-3,5-6,8-10H2,1H3. The van der Waals surface area contributed by atoms with E-state index in [9.17, 15) is 0 Å². The van der Waals surface area contributed by atoms with E-state index in [-0.39, 0.29) is 0 Å². The third-order valence-electron chi connectivity index (χ3n) is 3.40. The second-order valence-corrected chi connectivity index (χ2v) is 5.89. The van der Waals surface area contributed by atoms with Crippen molar-refractivity contribution in [2.75, 3.05) is 26.3 Å². The van der Waals surface area contributed by atoms with Gasteiger partial charge in [-0.25, -0.2) is 0 Å². The summed E-state index contributed by atoms with van der Waals surface area (Å²) in [6.45, 7) is 6.45. The minimum absolute atomic E-state index is 0.671. The van der Waals surface area contributed by atoms with Crippen LogP contribution in [-0.4, -0.2) is 30.9 Å². The minimum Gasteiger partial charge on any atom is -0.380 e. The number of aromatic nitrogens is 1. The molecule has 1 aromatic carbocycles. The van der Waals surface area contributed by atoms with Gasteiger partial charge in [-0.2, -0.15) is 0 Å². The van der Waals surface area contributed by atoms with Crippen LogP contribution < -0.4 is 5.32 Å². The summed E-state index contributed by atoms with van der Waals surface area (Å²) in [4.78, 5) is 0. The highest BCUT2D eigenvalue weighted by atomic mass is 35.5. The van der Waals surface area contributed by atoms with Gasteiger partial charge in [0, 0.05) is 42.8 Å². The van der Waals surface area contributed by atoms with Gasteiger partial charge in [-0.1, -0.05) is 36.5 Å². The van der Waals surface area contributed by atoms with Crippen LogP contribution in [0.1, 0.15) is 19.8 Å². The molecule has 21 heavy (non-hydrogen) atoms. The molecule has 0 aliphatic carbocycles. The molecule has 1 N–H and O–H groups in total. The highest BCUT2D eigenvalue weighted by Crippen LogP contribution is 2.28. The van der Waals surface area contributed by atoms with E-state index in [4.69, 9.17) is 27.9 Å². The van der Waals surface area contributed by atoms with Gasteiger partial charge in [0.2, 0.25) is 0 Å². The van der Waals surface area contributed by atoms with Gasteiger partial charge in [-0.05, 0) is 24.6 Å². The molecule has 2 aromatic rings. The molecule has 0 amide bonds. The number of unbranched alkanes of at least 4 members (excludes halogenated alkanes) is 1. The molecule has 0 bridgehead atoms. The Kier molecular flexibility index (Phi) is 6.84. The van der Waals surface area contributed by atoms with Crippen LogP contribution in [0, 0.1) is 0 Å². The molecule has 116 valence electrons. The first-order valence-electron chi connectivity index (χ1n) is 7.44. The first kappa shape index (κ1) is 16.6. The molecule has 0 saturated heterocycles. The fraction of sp³-hybridized carbons (Fsp3) is 0.500. The Bertz CT molecular complexity index is 569. The maximum atomic E-state index is 6.19. The normalized spacial score (nSPS) is 11.4. The van der Waals surface area contributed by atoms with Gasteiger partial charge >= 0.3 is 0 Å². The first-order valence-corrected chi connectivity index (χ1v) is 8.20. The van der Waals surface area contributed by atoms with Crippen molar-refractivity contribution >= 4 is 34.1 Å². The summed E-state index contributed by atoms with van der Waals surface area (Å²) in [5, 5.41) is 5.80. The molecule has 0 atom stereocenters. The van der Waals surface area contributed by atoms with Crippen LogP contribution in [0.4, 0.5) is 0 Å². The molecule has 5 heteroatoms. The SMILES string of the molecule is CCCCOCCNCCn1ccc2c(Cl)cc(Cl)cc21. The number of nitrogens with one attached hydrogen (secondary N) is 1. The van der Waals surface area contributed by atoms with Crippen LogP contribution in [0.3, 0.4) is 0 Å². The molecule has 1 heterocycles. The number of ether oxygens (including phenoxy) is 1. The van der Waals surface area contributed by atoms with Gasteiger partial charge < -0.3 is 14.6 Å². The lowest BCUT2D eigenvalue weighted by molar-refractivity contribution is 0.133. The van der Waals surface area contributed by atoms with Gasteiger partial charge in [0.25, 0.3) is 0 Å². The van der Waals surface area contributed by atoms with Gasteiger partial charge in [0.15, 0.2) is 0 Å². The van der Waals surface area contributed by atoms with Gasteiger partial charge in [0.1, 0.15) is 0 Å². The van der Waals surface area contributed by atoms with E-state index in [1.807, 2.05) is 18.3 Å². The van der Waals surface area contributed by atoms with E-state index in [0.717, 1.165) is 50.2 Å². The van der Waals surface area contributed by atoms with Crippen molar-refractivity contribution in [3.8, 4) is 0 Å². The number of halogens is 2. The monoisotopic (exact) mass is 328 g/mol. The molecule has 0 aliphatic rings. The summed E-state index contributed by atoms with van der Waals surface area (Å²) in [5.74, 6) is 0. The Morgan fingerprint density at radius 1 is 1.19 bits per heavy atom. The molecule has 0 saturated carbocycles. The second kappa shape index (κ2) is 8.64. The van der Waals surface area contributed by atoms with Crippen LogP contribution >= 0.6 is 23.2 Å².